The summed E-state index contributed by atoms with van der Waals surface area (Å²) >= 11 is 0. The zero-order valence-electron chi connectivity index (χ0n) is 15.1. The zero-order chi connectivity index (χ0) is 17.2. The minimum Gasteiger partial charge on any atom is -0.395 e. The maximum atomic E-state index is 13.1. The Morgan fingerprint density at radius 2 is 1.60 bits per heavy atom. The van der Waals surface area contributed by atoms with E-state index in [0.29, 0.717) is 0 Å². The average Bonchev–Trinajstić information content (AvgIpc) is 3.30. The van der Waals surface area contributed by atoms with E-state index in [-0.39, 0.29) is 29.4 Å². The van der Waals surface area contributed by atoms with Crippen molar-refractivity contribution < 1.29 is 9.90 Å². The highest BCUT2D eigenvalue weighted by molar-refractivity contribution is 5.85. The van der Waals surface area contributed by atoms with Crippen LogP contribution in [-0.2, 0) is 10.2 Å². The van der Waals surface area contributed by atoms with Gasteiger partial charge in [0.05, 0.1) is 12.5 Å². The molecule has 1 aromatic carbocycles. The van der Waals surface area contributed by atoms with Crippen molar-refractivity contribution in [2.75, 3.05) is 6.61 Å². The summed E-state index contributed by atoms with van der Waals surface area (Å²) in [6, 6.07) is 8.34. The van der Waals surface area contributed by atoms with Gasteiger partial charge in [-0.15, -0.1) is 0 Å². The van der Waals surface area contributed by atoms with Crippen LogP contribution < -0.4 is 5.32 Å². The second-order valence-electron chi connectivity index (χ2n) is 9.62. The number of amides is 1. The summed E-state index contributed by atoms with van der Waals surface area (Å²) in [4.78, 5) is 13.1. The van der Waals surface area contributed by atoms with Gasteiger partial charge < -0.3 is 10.4 Å². The smallest absolute Gasteiger partial charge is 0.224 e. The maximum Gasteiger partial charge on any atom is 0.224 e. The topological polar surface area (TPSA) is 49.3 Å². The molecule has 3 heteroatoms. The molecule has 3 nitrogen and oxygen atoms in total. The Kier molecular flexibility index (Phi) is 3.38. The first-order chi connectivity index (χ1) is 12.0. The molecule has 5 aliphatic carbocycles. The molecule has 0 heterocycles. The lowest BCUT2D eigenvalue weighted by Gasteiger charge is -2.57. The Bertz CT molecular complexity index is 659. The molecule has 0 spiro atoms. The van der Waals surface area contributed by atoms with Crippen molar-refractivity contribution in [3.05, 3.63) is 35.4 Å². The van der Waals surface area contributed by atoms with Crippen LogP contribution in [0.25, 0.3) is 0 Å². The van der Waals surface area contributed by atoms with Gasteiger partial charge in [-0.05, 0) is 75.2 Å². The minimum absolute atomic E-state index is 0.0618. The number of carbonyl (C=O) groups excluding carboxylic acids is 1. The van der Waals surface area contributed by atoms with Gasteiger partial charge in [0.25, 0.3) is 0 Å². The molecule has 25 heavy (non-hydrogen) atoms. The van der Waals surface area contributed by atoms with Crippen molar-refractivity contribution in [3.8, 4) is 0 Å². The SMILES string of the molecule is Cc1ccc([C@@]2(CO)C[C@@H]2C(=O)NC23CC4CC(CC(C4)C2)C3)cc1. The van der Waals surface area contributed by atoms with E-state index in [9.17, 15) is 9.90 Å². The summed E-state index contributed by atoms with van der Waals surface area (Å²) in [5.74, 6) is 2.64. The number of aliphatic hydroxyl groups excluding tert-OH is 1. The molecule has 0 aliphatic heterocycles. The number of rotatable bonds is 4. The average molecular weight is 339 g/mol. The highest BCUT2D eigenvalue weighted by atomic mass is 16.3. The molecule has 6 rings (SSSR count). The zero-order valence-corrected chi connectivity index (χ0v) is 15.1. The van der Waals surface area contributed by atoms with E-state index in [4.69, 9.17) is 0 Å². The van der Waals surface area contributed by atoms with Crippen molar-refractivity contribution in [1.82, 2.24) is 5.32 Å². The third-order valence-corrected chi connectivity index (χ3v) is 7.73. The molecule has 134 valence electrons. The lowest BCUT2D eigenvalue weighted by molar-refractivity contribution is -0.128. The van der Waals surface area contributed by atoms with Crippen LogP contribution in [0.2, 0.25) is 0 Å². The van der Waals surface area contributed by atoms with Crippen LogP contribution in [0.15, 0.2) is 24.3 Å². The Labute approximate surface area is 150 Å². The molecular formula is C22H29NO2. The number of nitrogens with one attached hydrogen (secondary N) is 1. The molecule has 2 atom stereocenters. The fourth-order valence-corrected chi connectivity index (χ4v) is 6.73. The van der Waals surface area contributed by atoms with Crippen LogP contribution in [-0.4, -0.2) is 23.2 Å². The molecule has 0 unspecified atom stereocenters. The third-order valence-electron chi connectivity index (χ3n) is 7.73. The Balaban J connectivity index is 1.33. The van der Waals surface area contributed by atoms with Gasteiger partial charge in [-0.3, -0.25) is 4.79 Å². The van der Waals surface area contributed by atoms with Crippen LogP contribution in [0.3, 0.4) is 0 Å². The molecule has 0 saturated heterocycles. The molecule has 1 amide bonds. The van der Waals surface area contributed by atoms with E-state index in [2.05, 4.69) is 36.5 Å². The van der Waals surface area contributed by atoms with Crippen molar-refractivity contribution in [2.45, 2.75) is 62.8 Å². The van der Waals surface area contributed by atoms with Crippen LogP contribution in [0.5, 0.6) is 0 Å². The molecule has 4 bridgehead atoms. The highest BCUT2D eigenvalue weighted by Gasteiger charge is 2.60. The number of hydrogen-bond donors (Lipinski definition) is 2. The molecule has 5 aliphatic rings. The van der Waals surface area contributed by atoms with Gasteiger partial charge in [-0.25, -0.2) is 0 Å². The monoisotopic (exact) mass is 339 g/mol. The van der Waals surface area contributed by atoms with E-state index in [0.717, 1.165) is 29.7 Å². The normalized spacial score (nSPS) is 43.9. The van der Waals surface area contributed by atoms with Gasteiger partial charge in [0, 0.05) is 11.0 Å². The second-order valence-corrected chi connectivity index (χ2v) is 9.62. The molecule has 2 N–H and O–H groups in total. The Morgan fingerprint density at radius 1 is 1.04 bits per heavy atom. The summed E-state index contributed by atoms with van der Waals surface area (Å²) < 4.78 is 0. The molecule has 0 radical (unpaired) electrons. The second kappa shape index (κ2) is 5.33. The van der Waals surface area contributed by atoms with Gasteiger partial charge in [-0.2, -0.15) is 0 Å². The first-order valence-corrected chi connectivity index (χ1v) is 10.0. The van der Waals surface area contributed by atoms with E-state index in [1.807, 2.05) is 0 Å². The summed E-state index contributed by atoms with van der Waals surface area (Å²) in [6.07, 6.45) is 8.52. The van der Waals surface area contributed by atoms with Gasteiger partial charge in [0.15, 0.2) is 0 Å². The van der Waals surface area contributed by atoms with Crippen molar-refractivity contribution in [3.63, 3.8) is 0 Å². The van der Waals surface area contributed by atoms with Crippen LogP contribution in [0, 0.1) is 30.6 Å². The van der Waals surface area contributed by atoms with Crippen LogP contribution >= 0.6 is 0 Å². The number of hydrogen-bond acceptors (Lipinski definition) is 2. The lowest BCUT2D eigenvalue weighted by atomic mass is 9.53. The van der Waals surface area contributed by atoms with Crippen molar-refractivity contribution in [2.24, 2.45) is 23.7 Å². The quantitative estimate of drug-likeness (QED) is 0.884. The van der Waals surface area contributed by atoms with Gasteiger partial charge >= 0.3 is 0 Å². The Morgan fingerprint density at radius 3 is 2.12 bits per heavy atom. The van der Waals surface area contributed by atoms with Crippen LogP contribution in [0.4, 0.5) is 0 Å². The third kappa shape index (κ3) is 2.46. The van der Waals surface area contributed by atoms with Gasteiger partial charge in [0.1, 0.15) is 0 Å². The number of aliphatic hydroxyl groups is 1. The molecule has 5 fully saturated rings. The summed E-state index contributed by atoms with van der Waals surface area (Å²) in [7, 11) is 0. The van der Waals surface area contributed by atoms with Gasteiger partial charge in [0.2, 0.25) is 5.91 Å². The number of carbonyl (C=O) groups is 1. The molecule has 5 saturated carbocycles. The fraction of sp³-hybridized carbons (Fsp3) is 0.682. The summed E-state index contributed by atoms with van der Waals surface area (Å²) in [5.41, 5.74) is 2.06. The fourth-order valence-electron chi connectivity index (χ4n) is 6.73. The Hall–Kier alpha value is -1.35. The van der Waals surface area contributed by atoms with Gasteiger partial charge in [-0.1, -0.05) is 29.8 Å². The first-order valence-electron chi connectivity index (χ1n) is 10.0. The lowest BCUT2D eigenvalue weighted by Crippen LogP contribution is -2.60. The minimum atomic E-state index is -0.347. The van der Waals surface area contributed by atoms with E-state index in [1.165, 1.54) is 44.1 Å². The number of aryl methyl sites for hydroxylation is 1. The highest BCUT2D eigenvalue weighted by Crippen LogP contribution is 2.58. The van der Waals surface area contributed by atoms with Crippen LogP contribution in [0.1, 0.15) is 56.1 Å². The summed E-state index contributed by atoms with van der Waals surface area (Å²) in [6.45, 7) is 2.13. The van der Waals surface area contributed by atoms with E-state index < -0.39 is 0 Å². The molecule has 0 aromatic heterocycles. The van der Waals surface area contributed by atoms with E-state index >= 15 is 0 Å². The predicted molar refractivity (Wildman–Crippen MR) is 97.1 cm³/mol. The molecule has 1 aromatic rings. The number of benzene rings is 1. The maximum absolute atomic E-state index is 13.1. The molecular weight excluding hydrogens is 310 g/mol. The van der Waals surface area contributed by atoms with E-state index in [1.54, 1.807) is 0 Å². The van der Waals surface area contributed by atoms with Crippen molar-refractivity contribution >= 4 is 5.91 Å². The largest absolute Gasteiger partial charge is 0.395 e. The first kappa shape index (κ1) is 15.9. The predicted octanol–water partition coefficient (Wildman–Crippen LogP) is 3.33. The van der Waals surface area contributed by atoms with Crippen molar-refractivity contribution in [1.29, 1.82) is 0 Å². The summed E-state index contributed by atoms with van der Waals surface area (Å²) in [5, 5.41) is 13.6. The standard InChI is InChI=1S/C22H29NO2/c1-14-2-4-18(5-3-14)22(13-24)12-19(22)20(25)23-21-9-15-6-16(10-21)8-17(7-15)11-21/h2-5,15-17,19,24H,6-13H2,1H3,(H,23,25)/t15?,16?,17?,19-,21?,22+/m1/s1.